The Morgan fingerprint density at radius 2 is 1.67 bits per heavy atom. The number of aliphatic hydroxyl groups is 1. The zero-order valence-corrected chi connectivity index (χ0v) is 8.89. The highest BCUT2D eigenvalue weighted by Gasteiger charge is 2.26. The molecule has 0 rings (SSSR count). The molecule has 0 aliphatic rings. The Bertz CT molecular complexity index is 138. The minimum Gasteiger partial charge on any atom is -0.389 e. The van der Waals surface area contributed by atoms with Gasteiger partial charge in [-0.2, -0.15) is 0 Å². The van der Waals surface area contributed by atoms with Gasteiger partial charge in [0.2, 0.25) is 0 Å². The van der Waals surface area contributed by atoms with E-state index in [4.69, 9.17) is 5.73 Å². The third-order valence-electron chi connectivity index (χ3n) is 2.16. The highest BCUT2D eigenvalue weighted by Crippen LogP contribution is 2.13. The molecule has 74 valence electrons. The van der Waals surface area contributed by atoms with Crippen LogP contribution in [0.1, 0.15) is 27.7 Å². The molecule has 0 radical (unpaired) electrons. The predicted molar refractivity (Wildman–Crippen MR) is 52.1 cm³/mol. The number of likely N-dealkylation sites (N-methyl/N-ethyl adjacent to an activating group) is 1. The zero-order valence-electron chi connectivity index (χ0n) is 8.89. The molecule has 0 aromatic carbocycles. The quantitative estimate of drug-likeness (QED) is 0.649. The first-order valence-corrected chi connectivity index (χ1v) is 4.33. The van der Waals surface area contributed by atoms with Crippen LogP contribution in [0.2, 0.25) is 0 Å². The smallest absolute Gasteiger partial charge is 0.0718 e. The molecule has 0 aliphatic carbocycles. The van der Waals surface area contributed by atoms with E-state index in [2.05, 4.69) is 18.7 Å². The minimum absolute atomic E-state index is 0.0417. The van der Waals surface area contributed by atoms with E-state index in [9.17, 15) is 5.11 Å². The van der Waals surface area contributed by atoms with Gasteiger partial charge < -0.3 is 10.8 Å². The number of β-amino-alcohol motifs (C(OH)–C–C–N with tert-alkyl or cyclic N) is 1. The number of nitrogens with zero attached hydrogens (tertiary/aromatic N) is 1. The summed E-state index contributed by atoms with van der Waals surface area (Å²) in [4.78, 5) is 2.08. The van der Waals surface area contributed by atoms with Gasteiger partial charge in [-0.15, -0.1) is 0 Å². The highest BCUT2D eigenvalue weighted by molar-refractivity contribution is 4.83. The van der Waals surface area contributed by atoms with E-state index < -0.39 is 5.60 Å². The fourth-order valence-corrected chi connectivity index (χ4v) is 0.950. The molecule has 0 saturated carbocycles. The second-order valence-electron chi connectivity index (χ2n) is 4.69. The third kappa shape index (κ3) is 4.04. The Morgan fingerprint density at radius 1 is 1.25 bits per heavy atom. The van der Waals surface area contributed by atoms with Crippen LogP contribution in [0.4, 0.5) is 0 Å². The lowest BCUT2D eigenvalue weighted by Crippen LogP contribution is -2.51. The molecule has 3 nitrogen and oxygen atoms in total. The first-order valence-electron chi connectivity index (χ1n) is 4.33. The lowest BCUT2D eigenvalue weighted by Gasteiger charge is -2.37. The van der Waals surface area contributed by atoms with Crippen LogP contribution >= 0.6 is 0 Å². The van der Waals surface area contributed by atoms with Crippen molar-refractivity contribution in [1.82, 2.24) is 4.90 Å². The second kappa shape index (κ2) is 3.73. The van der Waals surface area contributed by atoms with Crippen LogP contribution in [-0.2, 0) is 0 Å². The van der Waals surface area contributed by atoms with Crippen molar-refractivity contribution in [1.29, 1.82) is 0 Å². The van der Waals surface area contributed by atoms with E-state index >= 15 is 0 Å². The van der Waals surface area contributed by atoms with Gasteiger partial charge in [-0.05, 0) is 34.7 Å². The summed E-state index contributed by atoms with van der Waals surface area (Å²) in [5.41, 5.74) is 4.91. The number of hydrogen-bond acceptors (Lipinski definition) is 3. The van der Waals surface area contributed by atoms with Crippen LogP contribution in [-0.4, -0.2) is 41.3 Å². The van der Waals surface area contributed by atoms with E-state index in [0.717, 1.165) is 0 Å². The van der Waals surface area contributed by atoms with Gasteiger partial charge in [-0.3, -0.25) is 4.90 Å². The molecule has 3 heteroatoms. The Labute approximate surface area is 75.6 Å². The maximum Gasteiger partial charge on any atom is 0.0718 e. The molecular formula is C9H22N2O. The Kier molecular flexibility index (Phi) is 3.69. The van der Waals surface area contributed by atoms with Crippen molar-refractivity contribution < 1.29 is 5.11 Å². The Balaban J connectivity index is 4.13. The molecule has 12 heavy (non-hydrogen) atoms. The average Bonchev–Trinajstić information content (AvgIpc) is 1.84. The fourth-order valence-electron chi connectivity index (χ4n) is 0.950. The second-order valence-corrected chi connectivity index (χ2v) is 4.69. The lowest BCUT2D eigenvalue weighted by atomic mass is 10.0. The summed E-state index contributed by atoms with van der Waals surface area (Å²) in [5.74, 6) is 0. The van der Waals surface area contributed by atoms with Gasteiger partial charge >= 0.3 is 0 Å². The maximum absolute atomic E-state index is 9.56. The van der Waals surface area contributed by atoms with Crippen molar-refractivity contribution in [2.24, 2.45) is 5.73 Å². The van der Waals surface area contributed by atoms with Crippen LogP contribution in [0.3, 0.4) is 0 Å². The molecule has 0 fully saturated rings. The Hall–Kier alpha value is -0.120. The molecule has 0 aliphatic heterocycles. The van der Waals surface area contributed by atoms with Crippen molar-refractivity contribution in [2.75, 3.05) is 20.1 Å². The van der Waals surface area contributed by atoms with Gasteiger partial charge in [0, 0.05) is 18.6 Å². The average molecular weight is 174 g/mol. The van der Waals surface area contributed by atoms with Gasteiger partial charge in [-0.25, -0.2) is 0 Å². The lowest BCUT2D eigenvalue weighted by molar-refractivity contribution is 0.0141. The Morgan fingerprint density at radius 3 is 1.92 bits per heavy atom. The first-order chi connectivity index (χ1) is 5.19. The normalized spacial score (nSPS) is 14.0. The number of hydrogen-bond donors (Lipinski definition) is 2. The largest absolute Gasteiger partial charge is 0.389 e. The molecule has 0 saturated heterocycles. The molecular weight excluding hydrogens is 152 g/mol. The summed E-state index contributed by atoms with van der Waals surface area (Å²) in [6, 6.07) is 0. The highest BCUT2D eigenvalue weighted by atomic mass is 16.3. The van der Waals surface area contributed by atoms with E-state index in [0.29, 0.717) is 13.1 Å². The summed E-state index contributed by atoms with van der Waals surface area (Å²) in [6.07, 6.45) is 0. The zero-order chi connectivity index (χ0) is 9.99. The molecule has 3 N–H and O–H groups in total. The van der Waals surface area contributed by atoms with Crippen molar-refractivity contribution in [2.45, 2.75) is 38.8 Å². The van der Waals surface area contributed by atoms with Crippen LogP contribution in [0.5, 0.6) is 0 Å². The van der Waals surface area contributed by atoms with Crippen LogP contribution in [0.15, 0.2) is 0 Å². The predicted octanol–water partition coefficient (Wildman–Crippen LogP) is 0.426. The van der Waals surface area contributed by atoms with Crippen molar-refractivity contribution in [3.63, 3.8) is 0 Å². The van der Waals surface area contributed by atoms with E-state index in [1.807, 2.05) is 7.05 Å². The SMILES string of the molecule is CN(CC(C)(C)O)C(C)(C)CN. The molecule has 0 heterocycles. The maximum atomic E-state index is 9.56. The molecule has 0 unspecified atom stereocenters. The standard InChI is InChI=1S/C9H22N2O/c1-8(2,6-10)11(5)7-9(3,4)12/h12H,6-7,10H2,1-5H3. The molecule has 0 spiro atoms. The van der Waals surface area contributed by atoms with Gasteiger partial charge in [0.25, 0.3) is 0 Å². The minimum atomic E-state index is -0.652. The molecule has 0 aromatic rings. The first kappa shape index (κ1) is 11.9. The summed E-state index contributed by atoms with van der Waals surface area (Å²) < 4.78 is 0. The van der Waals surface area contributed by atoms with Gasteiger partial charge in [0.1, 0.15) is 0 Å². The van der Waals surface area contributed by atoms with Crippen molar-refractivity contribution in [3.8, 4) is 0 Å². The van der Waals surface area contributed by atoms with Crippen LogP contribution < -0.4 is 5.73 Å². The summed E-state index contributed by atoms with van der Waals surface area (Å²) in [7, 11) is 1.98. The van der Waals surface area contributed by atoms with Gasteiger partial charge in [0.05, 0.1) is 5.60 Å². The van der Waals surface area contributed by atoms with Crippen LogP contribution in [0.25, 0.3) is 0 Å². The van der Waals surface area contributed by atoms with Crippen molar-refractivity contribution in [3.05, 3.63) is 0 Å². The summed E-state index contributed by atoms with van der Waals surface area (Å²) in [5, 5.41) is 9.56. The molecule has 0 aromatic heterocycles. The summed E-state index contributed by atoms with van der Waals surface area (Å²) >= 11 is 0. The van der Waals surface area contributed by atoms with Gasteiger partial charge in [0.15, 0.2) is 0 Å². The summed E-state index contributed by atoms with van der Waals surface area (Å²) in [6.45, 7) is 8.97. The monoisotopic (exact) mass is 174 g/mol. The third-order valence-corrected chi connectivity index (χ3v) is 2.16. The molecule has 0 amide bonds. The molecule has 0 bridgehead atoms. The van der Waals surface area contributed by atoms with E-state index in [1.165, 1.54) is 0 Å². The van der Waals surface area contributed by atoms with Crippen LogP contribution in [0, 0.1) is 0 Å². The molecule has 0 atom stereocenters. The van der Waals surface area contributed by atoms with Crippen molar-refractivity contribution >= 4 is 0 Å². The van der Waals surface area contributed by atoms with E-state index in [1.54, 1.807) is 13.8 Å². The number of rotatable bonds is 4. The van der Waals surface area contributed by atoms with Gasteiger partial charge in [-0.1, -0.05) is 0 Å². The van der Waals surface area contributed by atoms with E-state index in [-0.39, 0.29) is 5.54 Å². The fraction of sp³-hybridized carbons (Fsp3) is 1.00. The number of nitrogens with two attached hydrogens (primary N) is 1. The topological polar surface area (TPSA) is 49.5 Å².